The van der Waals surface area contributed by atoms with Crippen LogP contribution in [-0.4, -0.2) is 9.97 Å². The standard InChI is InChI=1S/C14H11N3/c15-14-7-6-11-8-12(16-9-13(11)17-14)10-4-2-1-3-5-10/h1-9H,(H2,15,17). The minimum absolute atomic E-state index is 0.520. The lowest BCUT2D eigenvalue weighted by Crippen LogP contribution is -1.91. The maximum atomic E-state index is 5.63. The van der Waals surface area contributed by atoms with Crippen LogP contribution in [0.4, 0.5) is 5.82 Å². The maximum Gasteiger partial charge on any atom is 0.124 e. The molecule has 0 aliphatic rings. The highest BCUT2D eigenvalue weighted by Gasteiger charge is 2.01. The van der Waals surface area contributed by atoms with Gasteiger partial charge in [-0.1, -0.05) is 30.3 Å². The van der Waals surface area contributed by atoms with Crippen LogP contribution >= 0.6 is 0 Å². The highest BCUT2D eigenvalue weighted by Crippen LogP contribution is 2.21. The first-order valence-electron chi connectivity index (χ1n) is 5.41. The van der Waals surface area contributed by atoms with Gasteiger partial charge < -0.3 is 5.73 Å². The number of nitrogens with zero attached hydrogens (tertiary/aromatic N) is 2. The first-order valence-corrected chi connectivity index (χ1v) is 5.41. The molecule has 0 aliphatic heterocycles. The molecule has 0 amide bonds. The summed E-state index contributed by atoms with van der Waals surface area (Å²) in [6, 6.07) is 15.9. The molecule has 1 aromatic carbocycles. The molecular formula is C14H11N3. The van der Waals surface area contributed by atoms with Crippen molar-refractivity contribution in [1.82, 2.24) is 9.97 Å². The van der Waals surface area contributed by atoms with Gasteiger partial charge in [0.15, 0.2) is 0 Å². The molecule has 0 saturated heterocycles. The quantitative estimate of drug-likeness (QED) is 0.687. The van der Waals surface area contributed by atoms with Crippen molar-refractivity contribution in [2.45, 2.75) is 0 Å². The molecule has 3 rings (SSSR count). The van der Waals surface area contributed by atoms with Crippen molar-refractivity contribution in [3.8, 4) is 11.3 Å². The third-order valence-electron chi connectivity index (χ3n) is 2.67. The highest BCUT2D eigenvalue weighted by atomic mass is 14.8. The highest BCUT2D eigenvalue weighted by molar-refractivity contribution is 5.83. The van der Waals surface area contributed by atoms with E-state index in [1.165, 1.54) is 0 Å². The van der Waals surface area contributed by atoms with Crippen LogP contribution in [0.1, 0.15) is 0 Å². The number of fused-ring (bicyclic) bond motifs is 1. The lowest BCUT2D eigenvalue weighted by Gasteiger charge is -2.03. The van der Waals surface area contributed by atoms with E-state index < -0.39 is 0 Å². The monoisotopic (exact) mass is 221 g/mol. The zero-order valence-electron chi connectivity index (χ0n) is 9.17. The van der Waals surface area contributed by atoms with E-state index in [1.807, 2.05) is 42.5 Å². The van der Waals surface area contributed by atoms with E-state index in [9.17, 15) is 0 Å². The SMILES string of the molecule is Nc1ccc2cc(-c3ccccc3)ncc2n1. The second kappa shape index (κ2) is 3.87. The first kappa shape index (κ1) is 9.78. The Bertz CT molecular complexity index is 663. The van der Waals surface area contributed by atoms with Gasteiger partial charge in [0.2, 0.25) is 0 Å². The maximum absolute atomic E-state index is 5.63. The van der Waals surface area contributed by atoms with Crippen LogP contribution in [0.15, 0.2) is 54.7 Å². The van der Waals surface area contributed by atoms with E-state index in [0.29, 0.717) is 5.82 Å². The van der Waals surface area contributed by atoms with E-state index in [0.717, 1.165) is 22.2 Å². The van der Waals surface area contributed by atoms with Crippen LogP contribution in [0.3, 0.4) is 0 Å². The van der Waals surface area contributed by atoms with Gasteiger partial charge in [0.25, 0.3) is 0 Å². The van der Waals surface area contributed by atoms with Crippen molar-refractivity contribution in [2.75, 3.05) is 5.73 Å². The Morgan fingerprint density at radius 1 is 0.941 bits per heavy atom. The molecule has 17 heavy (non-hydrogen) atoms. The summed E-state index contributed by atoms with van der Waals surface area (Å²) in [7, 11) is 0. The molecular weight excluding hydrogens is 210 g/mol. The average Bonchev–Trinajstić information content (AvgIpc) is 2.39. The zero-order chi connectivity index (χ0) is 11.7. The van der Waals surface area contributed by atoms with Crippen LogP contribution in [0.25, 0.3) is 22.2 Å². The number of aromatic nitrogens is 2. The topological polar surface area (TPSA) is 51.8 Å². The van der Waals surface area contributed by atoms with E-state index in [4.69, 9.17) is 5.73 Å². The number of nitrogen functional groups attached to an aromatic ring is 1. The third kappa shape index (κ3) is 1.83. The second-order valence-corrected chi connectivity index (χ2v) is 3.86. The second-order valence-electron chi connectivity index (χ2n) is 3.86. The Morgan fingerprint density at radius 3 is 2.59 bits per heavy atom. The fraction of sp³-hybridized carbons (Fsp3) is 0. The van der Waals surface area contributed by atoms with Crippen molar-refractivity contribution in [3.05, 3.63) is 54.7 Å². The molecule has 0 spiro atoms. The predicted molar refractivity (Wildman–Crippen MR) is 69.4 cm³/mol. The van der Waals surface area contributed by atoms with Crippen molar-refractivity contribution in [1.29, 1.82) is 0 Å². The lowest BCUT2D eigenvalue weighted by molar-refractivity contribution is 1.31. The minimum atomic E-state index is 0.520. The number of hydrogen-bond acceptors (Lipinski definition) is 3. The lowest BCUT2D eigenvalue weighted by atomic mass is 10.1. The third-order valence-corrected chi connectivity index (χ3v) is 2.67. The molecule has 2 aromatic heterocycles. The molecule has 0 radical (unpaired) electrons. The number of benzene rings is 1. The number of rotatable bonds is 1. The molecule has 3 heteroatoms. The molecule has 82 valence electrons. The molecule has 2 N–H and O–H groups in total. The fourth-order valence-electron chi connectivity index (χ4n) is 1.81. The molecule has 0 aliphatic carbocycles. The van der Waals surface area contributed by atoms with Crippen molar-refractivity contribution < 1.29 is 0 Å². The molecule has 3 aromatic rings. The van der Waals surface area contributed by atoms with E-state index in [2.05, 4.69) is 9.97 Å². The minimum Gasteiger partial charge on any atom is -0.384 e. The molecule has 0 saturated carbocycles. The van der Waals surface area contributed by atoms with E-state index in [-0.39, 0.29) is 0 Å². The van der Waals surface area contributed by atoms with Crippen LogP contribution in [0, 0.1) is 0 Å². The van der Waals surface area contributed by atoms with Gasteiger partial charge in [-0.3, -0.25) is 4.98 Å². The normalized spacial score (nSPS) is 10.6. The van der Waals surface area contributed by atoms with Crippen molar-refractivity contribution >= 4 is 16.7 Å². The largest absolute Gasteiger partial charge is 0.384 e. The molecule has 0 bridgehead atoms. The molecule has 0 atom stereocenters. The fourth-order valence-corrected chi connectivity index (χ4v) is 1.81. The smallest absolute Gasteiger partial charge is 0.124 e. The van der Waals surface area contributed by atoms with Gasteiger partial charge in [-0.05, 0) is 18.2 Å². The van der Waals surface area contributed by atoms with Crippen molar-refractivity contribution in [3.63, 3.8) is 0 Å². The van der Waals surface area contributed by atoms with E-state index in [1.54, 1.807) is 12.3 Å². The Morgan fingerprint density at radius 2 is 1.76 bits per heavy atom. The Hall–Kier alpha value is -2.42. The van der Waals surface area contributed by atoms with Crippen LogP contribution in [0.5, 0.6) is 0 Å². The summed E-state index contributed by atoms with van der Waals surface area (Å²) in [4.78, 5) is 8.63. The Kier molecular flexibility index (Phi) is 2.22. The van der Waals surface area contributed by atoms with Gasteiger partial charge in [0.05, 0.1) is 17.4 Å². The Balaban J connectivity index is 2.17. The summed E-state index contributed by atoms with van der Waals surface area (Å²) in [5.74, 6) is 0.520. The van der Waals surface area contributed by atoms with Gasteiger partial charge in [-0.2, -0.15) is 0 Å². The van der Waals surface area contributed by atoms with Gasteiger partial charge in [0.1, 0.15) is 5.82 Å². The van der Waals surface area contributed by atoms with Crippen LogP contribution in [0.2, 0.25) is 0 Å². The van der Waals surface area contributed by atoms with Gasteiger partial charge in [0, 0.05) is 10.9 Å². The molecule has 0 unspecified atom stereocenters. The molecule has 2 heterocycles. The predicted octanol–water partition coefficient (Wildman–Crippen LogP) is 2.88. The molecule has 0 fully saturated rings. The first-order chi connectivity index (χ1) is 8.33. The summed E-state index contributed by atoms with van der Waals surface area (Å²) in [6.45, 7) is 0. The van der Waals surface area contributed by atoms with Gasteiger partial charge >= 0.3 is 0 Å². The number of nitrogens with two attached hydrogens (primary N) is 1. The number of hydrogen-bond donors (Lipinski definition) is 1. The summed E-state index contributed by atoms with van der Waals surface area (Å²) in [5.41, 5.74) is 8.51. The van der Waals surface area contributed by atoms with Gasteiger partial charge in [-0.25, -0.2) is 4.98 Å². The summed E-state index contributed by atoms with van der Waals surface area (Å²) in [6.07, 6.45) is 1.76. The summed E-state index contributed by atoms with van der Waals surface area (Å²) < 4.78 is 0. The van der Waals surface area contributed by atoms with Crippen LogP contribution in [-0.2, 0) is 0 Å². The van der Waals surface area contributed by atoms with Crippen LogP contribution < -0.4 is 5.73 Å². The number of anilines is 1. The zero-order valence-corrected chi connectivity index (χ0v) is 9.17. The summed E-state index contributed by atoms with van der Waals surface area (Å²) in [5, 5.41) is 1.05. The average molecular weight is 221 g/mol. The molecule has 3 nitrogen and oxygen atoms in total. The van der Waals surface area contributed by atoms with E-state index >= 15 is 0 Å². The Labute approximate surface area is 98.9 Å². The van der Waals surface area contributed by atoms with Gasteiger partial charge in [-0.15, -0.1) is 0 Å². The van der Waals surface area contributed by atoms with Crippen molar-refractivity contribution in [2.24, 2.45) is 0 Å². The number of pyridine rings is 2. The summed E-state index contributed by atoms with van der Waals surface area (Å²) >= 11 is 0.